The molecule has 0 saturated carbocycles. The van der Waals surface area contributed by atoms with Crippen molar-refractivity contribution in [1.82, 2.24) is 10.2 Å². The van der Waals surface area contributed by atoms with Gasteiger partial charge in [0, 0.05) is 18.4 Å². The zero-order valence-electron chi connectivity index (χ0n) is 8.79. The molecule has 0 unspecified atom stereocenters. The van der Waals surface area contributed by atoms with Crippen LogP contribution in [0, 0.1) is 11.6 Å². The number of alkyl halides is 1. The molecule has 2 rings (SSSR count). The highest BCUT2D eigenvalue weighted by atomic mass is 35.5. The Hall–Kier alpha value is -1.49. The maximum absolute atomic E-state index is 13.3. The fraction of sp³-hybridized carbons (Fsp3) is 0.273. The van der Waals surface area contributed by atoms with Gasteiger partial charge in [-0.1, -0.05) is 6.07 Å². The van der Waals surface area contributed by atoms with Crippen LogP contribution in [0.15, 0.2) is 22.6 Å². The average molecular weight is 259 g/mol. The minimum atomic E-state index is -0.623. The smallest absolute Gasteiger partial charge is 0.221 e. The second kappa shape index (κ2) is 5.23. The van der Waals surface area contributed by atoms with Gasteiger partial charge in [0.1, 0.15) is 11.6 Å². The molecule has 3 nitrogen and oxygen atoms in total. The molecule has 2 aromatic rings. The summed E-state index contributed by atoms with van der Waals surface area (Å²) in [6.07, 6.45) is 0.613. The predicted molar refractivity (Wildman–Crippen MR) is 57.9 cm³/mol. The third kappa shape index (κ3) is 3.00. The molecule has 0 radical (unpaired) electrons. The van der Waals surface area contributed by atoms with Crippen LogP contribution in [0.1, 0.15) is 17.3 Å². The summed E-state index contributed by atoms with van der Waals surface area (Å²) in [6.45, 7) is 0. The summed E-state index contributed by atoms with van der Waals surface area (Å²) >= 11 is 5.52. The molecule has 0 aliphatic heterocycles. The highest BCUT2D eigenvalue weighted by Gasteiger charge is 2.10. The Labute approximate surface area is 101 Å². The summed E-state index contributed by atoms with van der Waals surface area (Å²) < 4.78 is 31.3. The van der Waals surface area contributed by atoms with Crippen molar-refractivity contribution < 1.29 is 13.2 Å². The number of benzene rings is 1. The Morgan fingerprint density at radius 3 is 2.65 bits per heavy atom. The molecule has 0 atom stereocenters. The molecular weight excluding hydrogens is 250 g/mol. The van der Waals surface area contributed by atoms with Crippen molar-refractivity contribution >= 4 is 11.6 Å². The SMILES string of the molecule is Fc1ccc(Cc2nnc(CCCl)o2)c(F)c1. The van der Waals surface area contributed by atoms with E-state index in [1.807, 2.05) is 0 Å². The molecule has 1 heterocycles. The normalized spacial score (nSPS) is 10.8. The minimum Gasteiger partial charge on any atom is -0.425 e. The van der Waals surface area contributed by atoms with Crippen molar-refractivity contribution in [3.63, 3.8) is 0 Å². The average Bonchev–Trinajstić information content (AvgIpc) is 2.71. The molecule has 0 bridgehead atoms. The Morgan fingerprint density at radius 1 is 1.18 bits per heavy atom. The van der Waals surface area contributed by atoms with Crippen LogP contribution in [0.5, 0.6) is 0 Å². The fourth-order valence-corrected chi connectivity index (χ4v) is 1.53. The topological polar surface area (TPSA) is 38.9 Å². The largest absolute Gasteiger partial charge is 0.425 e. The van der Waals surface area contributed by atoms with Crippen molar-refractivity contribution in [3.8, 4) is 0 Å². The van der Waals surface area contributed by atoms with Gasteiger partial charge in [-0.3, -0.25) is 0 Å². The Morgan fingerprint density at radius 2 is 1.94 bits per heavy atom. The number of nitrogens with zero attached hydrogens (tertiary/aromatic N) is 2. The monoisotopic (exact) mass is 258 g/mol. The van der Waals surface area contributed by atoms with Crippen LogP contribution in [0.3, 0.4) is 0 Å². The second-order valence-electron chi connectivity index (χ2n) is 3.44. The van der Waals surface area contributed by atoms with Gasteiger partial charge in [-0.15, -0.1) is 21.8 Å². The molecule has 0 aliphatic carbocycles. The standard InChI is InChI=1S/C11H9ClF2N2O/c12-4-3-10-15-16-11(17-10)5-7-1-2-8(13)6-9(7)14/h1-2,6H,3-5H2. The summed E-state index contributed by atoms with van der Waals surface area (Å²) in [7, 11) is 0. The zero-order valence-corrected chi connectivity index (χ0v) is 9.55. The molecule has 0 spiro atoms. The van der Waals surface area contributed by atoms with E-state index in [0.717, 1.165) is 6.07 Å². The van der Waals surface area contributed by atoms with Crippen LogP contribution in [0.4, 0.5) is 8.78 Å². The lowest BCUT2D eigenvalue weighted by atomic mass is 10.1. The van der Waals surface area contributed by atoms with E-state index < -0.39 is 11.6 Å². The van der Waals surface area contributed by atoms with Crippen LogP contribution in [-0.2, 0) is 12.8 Å². The maximum atomic E-state index is 13.3. The van der Waals surface area contributed by atoms with Gasteiger partial charge in [-0.2, -0.15) is 0 Å². The summed E-state index contributed by atoms with van der Waals surface area (Å²) in [5.41, 5.74) is 0.312. The predicted octanol–water partition coefficient (Wildman–Crippen LogP) is 2.72. The first-order valence-electron chi connectivity index (χ1n) is 5.00. The minimum absolute atomic E-state index is 0.140. The first-order chi connectivity index (χ1) is 8.19. The molecule has 0 saturated heterocycles. The van der Waals surface area contributed by atoms with E-state index in [9.17, 15) is 8.78 Å². The van der Waals surface area contributed by atoms with Gasteiger partial charge in [-0.05, 0) is 11.6 Å². The maximum Gasteiger partial charge on any atom is 0.221 e. The lowest BCUT2D eigenvalue weighted by molar-refractivity contribution is 0.459. The first-order valence-corrected chi connectivity index (χ1v) is 5.53. The first kappa shape index (κ1) is 12.0. The number of hydrogen-bond acceptors (Lipinski definition) is 3. The van der Waals surface area contributed by atoms with Gasteiger partial charge >= 0.3 is 0 Å². The number of aromatic nitrogens is 2. The van der Waals surface area contributed by atoms with Crippen LogP contribution in [-0.4, -0.2) is 16.1 Å². The fourth-order valence-electron chi connectivity index (χ4n) is 1.37. The van der Waals surface area contributed by atoms with Crippen molar-refractivity contribution in [2.75, 3.05) is 5.88 Å². The van der Waals surface area contributed by atoms with Gasteiger partial charge in [0.15, 0.2) is 0 Å². The summed E-state index contributed by atoms with van der Waals surface area (Å²) in [6, 6.07) is 3.37. The number of aryl methyl sites for hydroxylation is 1. The molecule has 90 valence electrons. The quantitative estimate of drug-likeness (QED) is 0.792. The van der Waals surface area contributed by atoms with Gasteiger partial charge in [0.05, 0.1) is 6.42 Å². The molecule has 0 amide bonds. The number of halogens is 3. The number of rotatable bonds is 4. The third-order valence-corrected chi connectivity index (χ3v) is 2.36. The van der Waals surface area contributed by atoms with Crippen LogP contribution < -0.4 is 0 Å². The molecule has 0 N–H and O–H groups in total. The number of hydrogen-bond donors (Lipinski definition) is 0. The van der Waals surface area contributed by atoms with Crippen molar-refractivity contribution in [2.24, 2.45) is 0 Å². The van der Waals surface area contributed by atoms with E-state index in [1.54, 1.807) is 0 Å². The van der Waals surface area contributed by atoms with Crippen LogP contribution in [0.25, 0.3) is 0 Å². The Bertz CT molecular complexity index is 516. The molecular formula is C11H9ClF2N2O. The Kier molecular flexibility index (Phi) is 3.68. The van der Waals surface area contributed by atoms with Gasteiger partial charge in [0.25, 0.3) is 0 Å². The molecule has 1 aromatic heterocycles. The van der Waals surface area contributed by atoms with Gasteiger partial charge < -0.3 is 4.42 Å². The van der Waals surface area contributed by atoms with Crippen LogP contribution >= 0.6 is 11.6 Å². The van der Waals surface area contributed by atoms with E-state index in [-0.39, 0.29) is 12.3 Å². The second-order valence-corrected chi connectivity index (χ2v) is 3.82. The molecule has 6 heteroatoms. The summed E-state index contributed by atoms with van der Waals surface area (Å²) in [5, 5.41) is 7.51. The summed E-state index contributed by atoms with van der Waals surface area (Å²) in [4.78, 5) is 0. The van der Waals surface area contributed by atoms with Gasteiger partial charge in [-0.25, -0.2) is 8.78 Å². The van der Waals surface area contributed by atoms with E-state index in [0.29, 0.717) is 23.8 Å². The van der Waals surface area contributed by atoms with Crippen molar-refractivity contribution in [3.05, 3.63) is 47.2 Å². The molecule has 0 aliphatic rings. The molecule has 1 aromatic carbocycles. The zero-order chi connectivity index (χ0) is 12.3. The lowest BCUT2D eigenvalue weighted by Gasteiger charge is -1.99. The van der Waals surface area contributed by atoms with E-state index in [1.165, 1.54) is 12.1 Å². The van der Waals surface area contributed by atoms with E-state index >= 15 is 0 Å². The van der Waals surface area contributed by atoms with E-state index in [4.69, 9.17) is 16.0 Å². The van der Waals surface area contributed by atoms with Crippen LogP contribution in [0.2, 0.25) is 0 Å². The molecule has 0 fully saturated rings. The van der Waals surface area contributed by atoms with E-state index in [2.05, 4.69) is 10.2 Å². The highest BCUT2D eigenvalue weighted by molar-refractivity contribution is 6.17. The Balaban J connectivity index is 2.13. The molecule has 17 heavy (non-hydrogen) atoms. The van der Waals surface area contributed by atoms with Crippen molar-refractivity contribution in [2.45, 2.75) is 12.8 Å². The van der Waals surface area contributed by atoms with Crippen molar-refractivity contribution in [1.29, 1.82) is 0 Å². The highest BCUT2D eigenvalue weighted by Crippen LogP contribution is 2.14. The lowest BCUT2D eigenvalue weighted by Crippen LogP contribution is -1.93. The third-order valence-electron chi connectivity index (χ3n) is 2.17. The van der Waals surface area contributed by atoms with Gasteiger partial charge in [0.2, 0.25) is 11.8 Å². The summed E-state index contributed by atoms with van der Waals surface area (Å²) in [5.74, 6) is -0.151.